The van der Waals surface area contributed by atoms with Crippen molar-refractivity contribution in [3.63, 3.8) is 0 Å². The Hall–Kier alpha value is -2.60. The largest absolute Gasteiger partial charge is 0.326 e. The summed E-state index contributed by atoms with van der Waals surface area (Å²) in [6.45, 7) is 2.70. The zero-order chi connectivity index (χ0) is 16.8. The summed E-state index contributed by atoms with van der Waals surface area (Å²) < 4.78 is 2.27. The van der Waals surface area contributed by atoms with E-state index >= 15 is 0 Å². The molecule has 1 aliphatic heterocycles. The summed E-state index contributed by atoms with van der Waals surface area (Å²) in [6, 6.07) is 8.19. The Morgan fingerprint density at radius 3 is 3.04 bits per heavy atom. The molecule has 1 N–H and O–H groups in total. The Morgan fingerprint density at radius 2 is 2.16 bits per heavy atom. The van der Waals surface area contributed by atoms with Crippen LogP contribution in [0.15, 0.2) is 30.5 Å². The van der Waals surface area contributed by atoms with Crippen LogP contribution in [0.4, 0.5) is 0 Å². The second kappa shape index (κ2) is 5.74. The van der Waals surface area contributed by atoms with Crippen molar-refractivity contribution >= 4 is 16.7 Å². The number of carbonyl (C=O) groups is 1. The number of rotatable bonds is 4. The minimum absolute atomic E-state index is 0.260. The van der Waals surface area contributed by atoms with Gasteiger partial charge in [0, 0.05) is 30.0 Å². The van der Waals surface area contributed by atoms with E-state index in [2.05, 4.69) is 37.2 Å². The third-order valence-electron chi connectivity index (χ3n) is 5.05. The van der Waals surface area contributed by atoms with E-state index in [0.717, 1.165) is 66.2 Å². The van der Waals surface area contributed by atoms with Crippen molar-refractivity contribution in [1.82, 2.24) is 25.1 Å². The number of aromatic nitrogens is 4. The first kappa shape index (κ1) is 14.7. The molecular weight excluding hydrogens is 314 g/mol. The maximum atomic E-state index is 12.0. The van der Waals surface area contributed by atoms with Gasteiger partial charge in [0.25, 0.3) is 0 Å². The first-order valence-electron chi connectivity index (χ1n) is 8.82. The molecule has 0 amide bonds. The molecule has 1 saturated carbocycles. The normalized spacial score (nSPS) is 16.8. The molecule has 0 atom stereocenters. The van der Waals surface area contributed by atoms with Crippen molar-refractivity contribution in [1.29, 1.82) is 0 Å². The van der Waals surface area contributed by atoms with Gasteiger partial charge < -0.3 is 9.88 Å². The van der Waals surface area contributed by atoms with E-state index in [4.69, 9.17) is 0 Å². The molecule has 0 unspecified atom stereocenters. The molecule has 2 aliphatic rings. The fraction of sp³-hybridized carbons (Fsp3) is 0.368. The Morgan fingerprint density at radius 1 is 1.24 bits per heavy atom. The molecule has 6 heteroatoms. The van der Waals surface area contributed by atoms with Crippen LogP contribution in [0.25, 0.3) is 22.2 Å². The van der Waals surface area contributed by atoms with E-state index in [1.165, 1.54) is 0 Å². The van der Waals surface area contributed by atoms with Gasteiger partial charge in [-0.3, -0.25) is 4.79 Å². The van der Waals surface area contributed by atoms with Gasteiger partial charge in [0.1, 0.15) is 11.6 Å². The molecule has 2 aromatic heterocycles. The van der Waals surface area contributed by atoms with Crippen molar-refractivity contribution < 1.29 is 4.79 Å². The summed E-state index contributed by atoms with van der Waals surface area (Å²) in [5.41, 5.74) is 3.87. The number of hydrogen-bond acceptors (Lipinski definition) is 5. The van der Waals surface area contributed by atoms with E-state index in [-0.39, 0.29) is 5.92 Å². The number of hydrogen-bond donors (Lipinski definition) is 1. The summed E-state index contributed by atoms with van der Waals surface area (Å²) in [6.07, 6.45) is 4.40. The van der Waals surface area contributed by atoms with Crippen LogP contribution in [0.2, 0.25) is 0 Å². The molecule has 1 aromatic carbocycles. The molecule has 25 heavy (non-hydrogen) atoms. The fourth-order valence-corrected chi connectivity index (χ4v) is 3.49. The molecule has 1 aliphatic carbocycles. The maximum absolute atomic E-state index is 12.0. The maximum Gasteiger partial charge on any atom is 0.141 e. The van der Waals surface area contributed by atoms with Crippen LogP contribution in [0.3, 0.4) is 0 Å². The van der Waals surface area contributed by atoms with E-state index in [9.17, 15) is 4.79 Å². The lowest BCUT2D eigenvalue weighted by molar-refractivity contribution is -0.119. The summed E-state index contributed by atoms with van der Waals surface area (Å²) in [7, 11) is 0. The number of Topliss-reactive ketones (excluding diaryl/α,β-unsaturated/α-hetero) is 1. The number of nitrogens with zero attached hydrogens (tertiary/aromatic N) is 4. The van der Waals surface area contributed by atoms with Crippen LogP contribution in [0.5, 0.6) is 0 Å². The van der Waals surface area contributed by atoms with Crippen LogP contribution in [0.1, 0.15) is 24.4 Å². The quantitative estimate of drug-likeness (QED) is 0.792. The second-order valence-electron chi connectivity index (χ2n) is 6.91. The van der Waals surface area contributed by atoms with Gasteiger partial charge in [-0.2, -0.15) is 10.2 Å². The Balaban J connectivity index is 1.51. The molecule has 1 fully saturated rings. The third kappa shape index (κ3) is 2.72. The van der Waals surface area contributed by atoms with Crippen molar-refractivity contribution in [2.24, 2.45) is 5.92 Å². The van der Waals surface area contributed by atoms with Gasteiger partial charge in [0.2, 0.25) is 0 Å². The van der Waals surface area contributed by atoms with Crippen LogP contribution < -0.4 is 5.32 Å². The van der Waals surface area contributed by atoms with Gasteiger partial charge in [-0.1, -0.05) is 6.07 Å². The highest BCUT2D eigenvalue weighted by Crippen LogP contribution is 2.31. The average molecular weight is 333 g/mol. The lowest BCUT2D eigenvalue weighted by Crippen LogP contribution is -2.28. The first-order chi connectivity index (χ1) is 12.3. The van der Waals surface area contributed by atoms with E-state index in [0.29, 0.717) is 12.2 Å². The van der Waals surface area contributed by atoms with Crippen molar-refractivity contribution in [2.75, 3.05) is 6.54 Å². The number of fused-ring (bicyclic) bond motifs is 2. The topological polar surface area (TPSA) is 72.7 Å². The molecule has 0 bridgehead atoms. The highest BCUT2D eigenvalue weighted by molar-refractivity contribution is 5.87. The SMILES string of the molecule is O=C(Cc1cc2cc(-c3cnc4n3CCNC4)ccc2nn1)C1CC1. The van der Waals surface area contributed by atoms with Crippen LogP contribution >= 0.6 is 0 Å². The molecule has 3 aromatic rings. The molecule has 0 spiro atoms. The first-order valence-corrected chi connectivity index (χ1v) is 8.82. The lowest BCUT2D eigenvalue weighted by Gasteiger charge is -2.17. The summed E-state index contributed by atoms with van der Waals surface area (Å²) in [4.78, 5) is 16.6. The standard InChI is InChI=1S/C19H19N5O/c25-18(12-1-2-12)9-15-8-14-7-13(3-4-16(14)23-22-15)17-10-21-19-11-20-5-6-24(17)19/h3-4,7-8,10,12,20H,1-2,5-6,9,11H2. The molecule has 0 radical (unpaired) electrons. The zero-order valence-electron chi connectivity index (χ0n) is 13.9. The van der Waals surface area contributed by atoms with Crippen molar-refractivity contribution in [3.05, 3.63) is 42.0 Å². The van der Waals surface area contributed by atoms with Gasteiger partial charge in [-0.05, 0) is 31.0 Å². The predicted octanol–water partition coefficient (Wildman–Crippen LogP) is 2.12. The monoisotopic (exact) mass is 333 g/mol. The second-order valence-corrected chi connectivity index (χ2v) is 6.91. The van der Waals surface area contributed by atoms with Crippen LogP contribution in [-0.2, 0) is 24.3 Å². The summed E-state index contributed by atoms with van der Waals surface area (Å²) >= 11 is 0. The number of carbonyl (C=O) groups excluding carboxylic acids is 1. The van der Waals surface area contributed by atoms with E-state index < -0.39 is 0 Å². The molecule has 0 saturated heterocycles. The third-order valence-corrected chi connectivity index (χ3v) is 5.05. The molecule has 3 heterocycles. The number of imidazole rings is 1. The predicted molar refractivity (Wildman–Crippen MR) is 93.9 cm³/mol. The zero-order valence-corrected chi connectivity index (χ0v) is 13.9. The minimum atomic E-state index is 0.260. The Kier molecular flexibility index (Phi) is 3.38. The smallest absolute Gasteiger partial charge is 0.141 e. The van der Waals surface area contributed by atoms with Crippen molar-refractivity contribution in [2.45, 2.75) is 32.4 Å². The Labute approximate surface area is 145 Å². The highest BCUT2D eigenvalue weighted by Gasteiger charge is 2.29. The van der Waals surface area contributed by atoms with Gasteiger partial charge in [0.15, 0.2) is 0 Å². The van der Waals surface area contributed by atoms with Crippen LogP contribution in [0, 0.1) is 5.92 Å². The molecule has 5 rings (SSSR count). The highest BCUT2D eigenvalue weighted by atomic mass is 16.1. The fourth-order valence-electron chi connectivity index (χ4n) is 3.49. The molecule has 126 valence electrons. The van der Waals surface area contributed by atoms with Gasteiger partial charge in [-0.15, -0.1) is 0 Å². The van der Waals surface area contributed by atoms with E-state index in [1.807, 2.05) is 18.3 Å². The van der Waals surface area contributed by atoms with Crippen LogP contribution in [-0.4, -0.2) is 32.1 Å². The summed E-state index contributed by atoms with van der Waals surface area (Å²) in [5, 5.41) is 12.9. The molecule has 6 nitrogen and oxygen atoms in total. The Bertz CT molecular complexity index is 973. The average Bonchev–Trinajstić information content (AvgIpc) is 3.41. The van der Waals surface area contributed by atoms with Gasteiger partial charge in [-0.25, -0.2) is 4.98 Å². The van der Waals surface area contributed by atoms with E-state index in [1.54, 1.807) is 0 Å². The van der Waals surface area contributed by atoms with Gasteiger partial charge >= 0.3 is 0 Å². The molecular formula is C19H19N5O. The summed E-state index contributed by atoms with van der Waals surface area (Å²) in [5.74, 6) is 1.63. The number of benzene rings is 1. The number of nitrogens with one attached hydrogen (secondary N) is 1. The minimum Gasteiger partial charge on any atom is -0.326 e. The van der Waals surface area contributed by atoms with Crippen molar-refractivity contribution in [3.8, 4) is 11.3 Å². The van der Waals surface area contributed by atoms with Gasteiger partial charge in [0.05, 0.1) is 36.1 Å². The number of ketones is 1. The lowest BCUT2D eigenvalue weighted by atomic mass is 10.1.